The molecular weight excluding hydrogens is 342 g/mol. The minimum Gasteiger partial charge on any atom is -0.495 e. The molecule has 0 fully saturated rings. The summed E-state index contributed by atoms with van der Waals surface area (Å²) in [5.41, 5.74) is 4.19. The number of allylic oxidation sites excluding steroid dienone is 4. The summed E-state index contributed by atoms with van der Waals surface area (Å²) < 4.78 is 5.89. The standard InChI is InChI=1S/C17H18BrN3O/c18-14-6-5-13-16(20-14)21-15(19-13)9-22-10-17(21)8-7-11-3-1-2-4-12(11)17/h1,3,5-6,9,14,19-20H,2,4,7-8,10H2. The first-order valence-electron chi connectivity index (χ1n) is 7.89. The monoisotopic (exact) mass is 359 g/mol. The lowest BCUT2D eigenvalue weighted by Crippen LogP contribution is -2.54. The van der Waals surface area contributed by atoms with E-state index in [-0.39, 0.29) is 10.5 Å². The summed E-state index contributed by atoms with van der Waals surface area (Å²) >= 11 is 3.65. The fourth-order valence-electron chi connectivity index (χ4n) is 4.34. The Balaban J connectivity index is 1.65. The van der Waals surface area contributed by atoms with Crippen LogP contribution in [0.4, 0.5) is 0 Å². The van der Waals surface area contributed by atoms with Crippen LogP contribution in [-0.4, -0.2) is 22.0 Å². The second-order valence-corrected chi connectivity index (χ2v) is 7.40. The number of dihydropyridines is 1. The van der Waals surface area contributed by atoms with Crippen molar-refractivity contribution in [3.63, 3.8) is 0 Å². The average Bonchev–Trinajstić information content (AvgIpc) is 3.08. The molecule has 5 aliphatic rings. The van der Waals surface area contributed by atoms with E-state index in [0.29, 0.717) is 0 Å². The zero-order valence-corrected chi connectivity index (χ0v) is 13.8. The fraction of sp³-hybridized carbons (Fsp3) is 0.412. The van der Waals surface area contributed by atoms with Gasteiger partial charge in [-0.15, -0.1) is 0 Å². The molecule has 0 bridgehead atoms. The van der Waals surface area contributed by atoms with Crippen molar-refractivity contribution in [3.05, 3.63) is 59.1 Å². The maximum absolute atomic E-state index is 5.89. The first-order chi connectivity index (χ1) is 10.8. The fourth-order valence-corrected chi connectivity index (χ4v) is 4.71. The molecule has 0 aromatic heterocycles. The Kier molecular flexibility index (Phi) is 2.60. The molecule has 5 heteroatoms. The molecular formula is C17H18BrN3O. The van der Waals surface area contributed by atoms with Crippen molar-refractivity contribution < 1.29 is 4.74 Å². The van der Waals surface area contributed by atoms with Crippen LogP contribution >= 0.6 is 15.9 Å². The van der Waals surface area contributed by atoms with Crippen LogP contribution in [0.15, 0.2) is 59.1 Å². The lowest BCUT2D eigenvalue weighted by Gasteiger charge is -2.46. The highest BCUT2D eigenvalue weighted by Gasteiger charge is 2.52. The Morgan fingerprint density at radius 1 is 1.32 bits per heavy atom. The molecule has 1 spiro atoms. The number of hydrogen-bond acceptors (Lipinski definition) is 4. The van der Waals surface area contributed by atoms with E-state index in [1.165, 1.54) is 11.4 Å². The van der Waals surface area contributed by atoms with E-state index in [1.807, 2.05) is 6.26 Å². The van der Waals surface area contributed by atoms with Crippen LogP contribution in [-0.2, 0) is 4.74 Å². The van der Waals surface area contributed by atoms with Gasteiger partial charge in [0.2, 0.25) is 0 Å². The smallest absolute Gasteiger partial charge is 0.148 e. The highest BCUT2D eigenvalue weighted by molar-refractivity contribution is 9.09. The lowest BCUT2D eigenvalue weighted by atomic mass is 9.84. The largest absolute Gasteiger partial charge is 0.495 e. The van der Waals surface area contributed by atoms with Crippen LogP contribution in [0.2, 0.25) is 0 Å². The summed E-state index contributed by atoms with van der Waals surface area (Å²) in [6.45, 7) is 0.736. The summed E-state index contributed by atoms with van der Waals surface area (Å²) in [6, 6.07) is 0. The van der Waals surface area contributed by atoms with Crippen molar-refractivity contribution in [2.24, 2.45) is 0 Å². The highest BCUT2D eigenvalue weighted by Crippen LogP contribution is 2.50. The molecule has 2 atom stereocenters. The van der Waals surface area contributed by atoms with Crippen molar-refractivity contribution in [1.29, 1.82) is 0 Å². The number of hydrogen-bond donors (Lipinski definition) is 2. The molecule has 22 heavy (non-hydrogen) atoms. The van der Waals surface area contributed by atoms with Gasteiger partial charge in [-0.25, -0.2) is 0 Å². The maximum Gasteiger partial charge on any atom is 0.148 e. The SMILES string of the molecule is BrC1C=CC2=C(N1)N1C(=COCC13CCC1=C3CCC=C1)N2. The lowest BCUT2D eigenvalue weighted by molar-refractivity contribution is 0.0573. The molecule has 3 heterocycles. The van der Waals surface area contributed by atoms with Gasteiger partial charge in [0.25, 0.3) is 0 Å². The van der Waals surface area contributed by atoms with Crippen LogP contribution < -0.4 is 10.6 Å². The topological polar surface area (TPSA) is 36.5 Å². The molecule has 0 saturated heterocycles. The second-order valence-electron chi connectivity index (χ2n) is 6.42. The van der Waals surface area contributed by atoms with Crippen molar-refractivity contribution in [3.8, 4) is 0 Å². The van der Waals surface area contributed by atoms with Crippen LogP contribution in [0.3, 0.4) is 0 Å². The van der Waals surface area contributed by atoms with Gasteiger partial charge in [-0.3, -0.25) is 4.90 Å². The van der Waals surface area contributed by atoms with Crippen LogP contribution in [0.1, 0.15) is 25.7 Å². The Morgan fingerprint density at radius 3 is 3.23 bits per heavy atom. The number of nitrogens with zero attached hydrogens (tertiary/aromatic N) is 1. The van der Waals surface area contributed by atoms with E-state index in [2.05, 4.69) is 55.8 Å². The van der Waals surface area contributed by atoms with Gasteiger partial charge in [0, 0.05) is 0 Å². The molecule has 0 radical (unpaired) electrons. The van der Waals surface area contributed by atoms with Crippen molar-refractivity contribution in [1.82, 2.24) is 15.5 Å². The molecule has 3 aliphatic heterocycles. The van der Waals surface area contributed by atoms with Gasteiger partial charge in [0.1, 0.15) is 35.0 Å². The second kappa shape index (κ2) is 4.44. The summed E-state index contributed by atoms with van der Waals surface area (Å²) in [5, 5.41) is 7.05. The first kappa shape index (κ1) is 12.9. The summed E-state index contributed by atoms with van der Waals surface area (Å²) in [6.07, 6.45) is 15.3. The summed E-state index contributed by atoms with van der Waals surface area (Å²) in [4.78, 5) is 2.62. The number of fused-ring (bicyclic) bond motifs is 4. The molecule has 0 amide bonds. The van der Waals surface area contributed by atoms with Gasteiger partial charge in [-0.05, 0) is 49.0 Å². The number of alkyl halides is 1. The first-order valence-corrected chi connectivity index (χ1v) is 8.81. The van der Waals surface area contributed by atoms with Gasteiger partial charge >= 0.3 is 0 Å². The van der Waals surface area contributed by atoms with Crippen LogP contribution in [0, 0.1) is 0 Å². The third-order valence-electron chi connectivity index (χ3n) is 5.27. The quantitative estimate of drug-likeness (QED) is 0.515. The van der Waals surface area contributed by atoms with Crippen molar-refractivity contribution >= 4 is 15.9 Å². The molecule has 4 nitrogen and oxygen atoms in total. The molecule has 5 rings (SSSR count). The third-order valence-corrected chi connectivity index (χ3v) is 5.81. The number of ether oxygens (including phenoxy) is 1. The van der Waals surface area contributed by atoms with Gasteiger partial charge in [-0.1, -0.05) is 28.1 Å². The normalized spacial score (nSPS) is 34.9. The van der Waals surface area contributed by atoms with Crippen molar-refractivity contribution in [2.75, 3.05) is 6.61 Å². The van der Waals surface area contributed by atoms with Crippen LogP contribution in [0.25, 0.3) is 0 Å². The van der Waals surface area contributed by atoms with E-state index < -0.39 is 0 Å². The van der Waals surface area contributed by atoms with E-state index in [1.54, 1.807) is 5.57 Å². The third kappa shape index (κ3) is 1.57. The van der Waals surface area contributed by atoms with Crippen molar-refractivity contribution in [2.45, 2.75) is 36.2 Å². The maximum atomic E-state index is 5.89. The molecule has 2 N–H and O–H groups in total. The minimum atomic E-state index is -0.0286. The zero-order valence-electron chi connectivity index (χ0n) is 12.2. The van der Waals surface area contributed by atoms with Gasteiger partial charge < -0.3 is 15.4 Å². The van der Waals surface area contributed by atoms with E-state index >= 15 is 0 Å². The molecule has 0 aromatic carbocycles. The van der Waals surface area contributed by atoms with Gasteiger partial charge in [0.15, 0.2) is 0 Å². The number of halogens is 1. The molecule has 2 unspecified atom stereocenters. The van der Waals surface area contributed by atoms with E-state index in [4.69, 9.17) is 4.74 Å². The Labute approximate surface area is 138 Å². The summed E-state index contributed by atoms with van der Waals surface area (Å²) in [7, 11) is 0. The van der Waals surface area contributed by atoms with Crippen LogP contribution in [0.5, 0.6) is 0 Å². The number of nitrogens with one attached hydrogen (secondary N) is 2. The Morgan fingerprint density at radius 2 is 2.27 bits per heavy atom. The molecule has 2 aliphatic carbocycles. The summed E-state index contributed by atoms with van der Waals surface area (Å²) in [5.74, 6) is 2.22. The molecule has 0 aromatic rings. The van der Waals surface area contributed by atoms with E-state index in [9.17, 15) is 0 Å². The average molecular weight is 360 g/mol. The van der Waals surface area contributed by atoms with Gasteiger partial charge in [-0.2, -0.15) is 0 Å². The highest BCUT2D eigenvalue weighted by atomic mass is 79.9. The van der Waals surface area contributed by atoms with Gasteiger partial charge in [0.05, 0.1) is 5.70 Å². The minimum absolute atomic E-state index is 0.0286. The molecule has 114 valence electrons. The zero-order chi connectivity index (χ0) is 14.7. The number of rotatable bonds is 0. The predicted molar refractivity (Wildman–Crippen MR) is 88.4 cm³/mol. The van der Waals surface area contributed by atoms with E-state index in [0.717, 1.165) is 43.8 Å². The Hall–Kier alpha value is -1.62. The molecule has 0 saturated carbocycles. The predicted octanol–water partition coefficient (Wildman–Crippen LogP) is 2.95. The Bertz CT molecular complexity index is 703.